The van der Waals surface area contributed by atoms with E-state index in [-0.39, 0.29) is 17.0 Å². The van der Waals surface area contributed by atoms with Crippen LogP contribution in [-0.4, -0.2) is 37.4 Å². The summed E-state index contributed by atoms with van der Waals surface area (Å²) in [5, 5.41) is 14.4. The van der Waals surface area contributed by atoms with Crippen molar-refractivity contribution in [1.29, 1.82) is 0 Å². The van der Waals surface area contributed by atoms with Crippen molar-refractivity contribution < 1.29 is 19.4 Å². The van der Waals surface area contributed by atoms with Gasteiger partial charge in [0.1, 0.15) is 0 Å². The molecular formula is C17H26N2O4. The second-order valence-corrected chi connectivity index (χ2v) is 6.31. The Hall–Kier alpha value is -2.08. The number of carbonyl (C=O) groups is 2. The molecular weight excluding hydrogens is 296 g/mol. The third-order valence-corrected chi connectivity index (χ3v) is 3.50. The van der Waals surface area contributed by atoms with Gasteiger partial charge in [-0.3, -0.25) is 0 Å². The van der Waals surface area contributed by atoms with Crippen LogP contribution >= 0.6 is 0 Å². The van der Waals surface area contributed by atoms with Crippen molar-refractivity contribution in [2.45, 2.75) is 33.2 Å². The molecule has 1 rings (SSSR count). The van der Waals surface area contributed by atoms with E-state index in [9.17, 15) is 9.59 Å². The van der Waals surface area contributed by atoms with Crippen LogP contribution in [0.4, 0.5) is 4.79 Å². The Morgan fingerprint density at radius 1 is 1.17 bits per heavy atom. The summed E-state index contributed by atoms with van der Waals surface area (Å²) >= 11 is 0. The molecule has 0 radical (unpaired) electrons. The molecule has 0 saturated carbocycles. The molecule has 1 aromatic carbocycles. The molecule has 3 N–H and O–H groups in total. The van der Waals surface area contributed by atoms with Crippen molar-refractivity contribution in [1.82, 2.24) is 10.6 Å². The number of carbonyl (C=O) groups excluding carboxylic acids is 1. The minimum Gasteiger partial charge on any atom is -0.478 e. The van der Waals surface area contributed by atoms with Gasteiger partial charge in [-0.2, -0.15) is 0 Å². The Bertz CT molecular complexity index is 512. The molecule has 0 spiro atoms. The van der Waals surface area contributed by atoms with Gasteiger partial charge in [0, 0.05) is 20.2 Å². The van der Waals surface area contributed by atoms with Gasteiger partial charge in [-0.05, 0) is 36.0 Å². The van der Waals surface area contributed by atoms with Crippen molar-refractivity contribution in [3.8, 4) is 0 Å². The van der Waals surface area contributed by atoms with Gasteiger partial charge in [-0.25, -0.2) is 9.59 Å². The lowest BCUT2D eigenvalue weighted by molar-refractivity contribution is 0.0697. The van der Waals surface area contributed by atoms with Gasteiger partial charge < -0.3 is 20.5 Å². The number of amides is 2. The second-order valence-electron chi connectivity index (χ2n) is 6.31. The zero-order valence-electron chi connectivity index (χ0n) is 14.0. The molecule has 23 heavy (non-hydrogen) atoms. The quantitative estimate of drug-likeness (QED) is 0.610. The van der Waals surface area contributed by atoms with Crippen molar-refractivity contribution in [3.63, 3.8) is 0 Å². The van der Waals surface area contributed by atoms with E-state index in [4.69, 9.17) is 9.84 Å². The van der Waals surface area contributed by atoms with Gasteiger partial charge in [0.2, 0.25) is 0 Å². The molecule has 0 aromatic heterocycles. The molecule has 0 heterocycles. The van der Waals surface area contributed by atoms with Crippen LogP contribution in [0.15, 0.2) is 24.3 Å². The summed E-state index contributed by atoms with van der Waals surface area (Å²) in [5.41, 5.74) is 1.20. The largest absolute Gasteiger partial charge is 0.478 e. The maximum atomic E-state index is 11.7. The minimum absolute atomic E-state index is 0.110. The summed E-state index contributed by atoms with van der Waals surface area (Å²) in [6, 6.07) is 6.20. The van der Waals surface area contributed by atoms with Crippen LogP contribution in [0.5, 0.6) is 0 Å². The van der Waals surface area contributed by atoms with Crippen molar-refractivity contribution >= 4 is 12.0 Å². The molecule has 2 amide bonds. The van der Waals surface area contributed by atoms with Crippen LogP contribution in [0.25, 0.3) is 0 Å². The highest BCUT2D eigenvalue weighted by atomic mass is 16.5. The summed E-state index contributed by atoms with van der Waals surface area (Å²) in [5.74, 6) is -0.960. The lowest BCUT2D eigenvalue weighted by Gasteiger charge is -2.23. The first-order valence-electron chi connectivity index (χ1n) is 7.67. The van der Waals surface area contributed by atoms with Gasteiger partial charge in [-0.1, -0.05) is 26.0 Å². The number of ether oxygens (including phenoxy) is 1. The molecule has 1 aromatic rings. The highest BCUT2D eigenvalue weighted by Crippen LogP contribution is 2.21. The van der Waals surface area contributed by atoms with Crippen LogP contribution in [0, 0.1) is 5.41 Å². The van der Waals surface area contributed by atoms with E-state index in [1.165, 1.54) is 12.1 Å². The first-order chi connectivity index (χ1) is 10.8. The summed E-state index contributed by atoms with van der Waals surface area (Å²) in [6.07, 6.45) is 1.86. The van der Waals surface area contributed by atoms with Crippen LogP contribution in [-0.2, 0) is 11.3 Å². The molecule has 0 saturated heterocycles. The van der Waals surface area contributed by atoms with Gasteiger partial charge in [-0.15, -0.1) is 0 Å². The fraction of sp³-hybridized carbons (Fsp3) is 0.529. The first-order valence-corrected chi connectivity index (χ1v) is 7.67. The third kappa shape index (κ3) is 7.65. The molecule has 0 unspecified atom stereocenters. The van der Waals surface area contributed by atoms with E-state index >= 15 is 0 Å². The number of carboxylic acids is 1. The summed E-state index contributed by atoms with van der Waals surface area (Å²) < 4.78 is 5.16. The zero-order chi connectivity index (χ0) is 17.3. The van der Waals surface area contributed by atoms with E-state index in [0.29, 0.717) is 19.7 Å². The van der Waals surface area contributed by atoms with Gasteiger partial charge >= 0.3 is 12.0 Å². The van der Waals surface area contributed by atoms with Crippen molar-refractivity contribution in [2.24, 2.45) is 5.41 Å². The van der Waals surface area contributed by atoms with Crippen LogP contribution in [0.1, 0.15) is 42.6 Å². The summed E-state index contributed by atoms with van der Waals surface area (Å²) in [6.45, 7) is 5.94. The van der Waals surface area contributed by atoms with E-state index in [1.807, 2.05) is 0 Å². The Kier molecular flexibility index (Phi) is 7.54. The molecule has 0 atom stereocenters. The Morgan fingerprint density at radius 2 is 1.83 bits per heavy atom. The average molecular weight is 322 g/mol. The van der Waals surface area contributed by atoms with Gasteiger partial charge in [0.15, 0.2) is 0 Å². The molecule has 0 aliphatic carbocycles. The number of urea groups is 1. The molecule has 0 aliphatic rings. The maximum absolute atomic E-state index is 11.7. The molecule has 6 heteroatoms. The van der Waals surface area contributed by atoms with E-state index in [1.54, 1.807) is 19.2 Å². The number of hydrogen-bond acceptors (Lipinski definition) is 3. The predicted octanol–water partition coefficient (Wildman–Crippen LogP) is 2.64. The summed E-state index contributed by atoms with van der Waals surface area (Å²) in [4.78, 5) is 22.4. The topological polar surface area (TPSA) is 87.7 Å². The fourth-order valence-electron chi connectivity index (χ4n) is 2.24. The van der Waals surface area contributed by atoms with Crippen LogP contribution in [0.3, 0.4) is 0 Å². The predicted molar refractivity (Wildman–Crippen MR) is 88.5 cm³/mol. The highest BCUT2D eigenvalue weighted by Gasteiger charge is 2.16. The second kappa shape index (κ2) is 9.15. The van der Waals surface area contributed by atoms with Gasteiger partial charge in [0.05, 0.1) is 12.2 Å². The van der Waals surface area contributed by atoms with Crippen molar-refractivity contribution in [3.05, 3.63) is 35.4 Å². The lowest BCUT2D eigenvalue weighted by Crippen LogP contribution is -2.36. The molecule has 0 fully saturated rings. The minimum atomic E-state index is -0.960. The monoisotopic (exact) mass is 322 g/mol. The zero-order valence-corrected chi connectivity index (χ0v) is 14.0. The van der Waals surface area contributed by atoms with Crippen LogP contribution < -0.4 is 10.6 Å². The molecule has 0 bridgehead atoms. The lowest BCUT2D eigenvalue weighted by atomic mass is 9.89. The first kappa shape index (κ1) is 19.0. The van der Waals surface area contributed by atoms with E-state index < -0.39 is 5.97 Å². The Labute approximate surface area is 137 Å². The number of methoxy groups -OCH3 is 1. The number of nitrogens with one attached hydrogen (secondary N) is 2. The Balaban J connectivity index is 2.23. The Morgan fingerprint density at radius 3 is 2.39 bits per heavy atom. The van der Waals surface area contributed by atoms with E-state index in [0.717, 1.165) is 18.4 Å². The molecule has 128 valence electrons. The number of hydrogen-bond donors (Lipinski definition) is 3. The van der Waals surface area contributed by atoms with Gasteiger partial charge in [0.25, 0.3) is 0 Å². The van der Waals surface area contributed by atoms with Crippen LogP contribution in [0.2, 0.25) is 0 Å². The smallest absolute Gasteiger partial charge is 0.335 e. The summed E-state index contributed by atoms with van der Waals surface area (Å²) in [7, 11) is 1.69. The maximum Gasteiger partial charge on any atom is 0.335 e. The number of aromatic carboxylic acids is 1. The number of rotatable bonds is 9. The molecule has 0 aliphatic heterocycles. The number of benzene rings is 1. The fourth-order valence-corrected chi connectivity index (χ4v) is 2.24. The normalized spacial score (nSPS) is 11.1. The number of carboxylic acid groups (broad SMARTS) is 1. The van der Waals surface area contributed by atoms with Crippen molar-refractivity contribution in [2.75, 3.05) is 20.3 Å². The SMILES string of the molecule is COCC(C)(C)CCCNC(=O)NCc1ccc(C(=O)O)cc1. The average Bonchev–Trinajstić information content (AvgIpc) is 2.50. The standard InChI is InChI=1S/C17H26N2O4/c1-17(2,12-23-3)9-4-10-18-16(22)19-11-13-5-7-14(8-6-13)15(20)21/h5-8H,4,9-12H2,1-3H3,(H,20,21)(H2,18,19,22). The molecule has 6 nitrogen and oxygen atoms in total. The van der Waals surface area contributed by atoms with E-state index in [2.05, 4.69) is 24.5 Å². The third-order valence-electron chi connectivity index (χ3n) is 3.50. The highest BCUT2D eigenvalue weighted by molar-refractivity contribution is 5.87.